The van der Waals surface area contributed by atoms with E-state index in [4.69, 9.17) is 4.42 Å². The minimum absolute atomic E-state index is 0.0508. The van der Waals surface area contributed by atoms with Crippen LogP contribution in [0.4, 0.5) is 0 Å². The number of thioether (sulfide) groups is 1. The number of hydrogen-bond donors (Lipinski definition) is 0. The van der Waals surface area contributed by atoms with Crippen LogP contribution in [0.25, 0.3) is 22.7 Å². The molecule has 0 spiro atoms. The zero-order valence-corrected chi connectivity index (χ0v) is 17.4. The highest BCUT2D eigenvalue weighted by molar-refractivity contribution is 9.10. The first-order chi connectivity index (χ1) is 13.6. The molecule has 0 aliphatic rings. The molecule has 7 heteroatoms. The molecule has 0 saturated carbocycles. The molecule has 0 amide bonds. The first kappa shape index (κ1) is 18.7. The van der Waals surface area contributed by atoms with Crippen molar-refractivity contribution in [2.75, 3.05) is 5.75 Å². The number of ketones is 1. The standard InChI is InChI=1S/C21H16BrN3O2S/c1-25-20(19-3-2-12-27-19)23-24-21(25)28-13-18(26)16-6-4-14(5-7-16)15-8-10-17(22)11-9-15/h2-12H,13H2,1H3. The summed E-state index contributed by atoms with van der Waals surface area (Å²) >= 11 is 4.80. The van der Waals surface area contributed by atoms with Crippen LogP contribution in [0.15, 0.2) is 81.0 Å². The van der Waals surface area contributed by atoms with Gasteiger partial charge in [-0.2, -0.15) is 0 Å². The molecule has 0 aliphatic heterocycles. The quantitative estimate of drug-likeness (QED) is 0.285. The lowest BCUT2D eigenvalue weighted by Crippen LogP contribution is -2.04. The first-order valence-electron chi connectivity index (χ1n) is 8.57. The van der Waals surface area contributed by atoms with Crippen molar-refractivity contribution < 1.29 is 9.21 Å². The third-order valence-corrected chi connectivity index (χ3v) is 5.84. The Morgan fingerprint density at radius 2 is 1.71 bits per heavy atom. The minimum atomic E-state index is 0.0508. The van der Waals surface area contributed by atoms with Crippen LogP contribution < -0.4 is 0 Å². The number of furan rings is 1. The molecule has 0 bridgehead atoms. The normalized spacial score (nSPS) is 10.9. The van der Waals surface area contributed by atoms with Gasteiger partial charge in [-0.1, -0.05) is 64.1 Å². The predicted octanol–water partition coefficient (Wildman–Crippen LogP) is 5.48. The van der Waals surface area contributed by atoms with Crippen LogP contribution in [-0.2, 0) is 7.05 Å². The highest BCUT2D eigenvalue weighted by atomic mass is 79.9. The van der Waals surface area contributed by atoms with Crippen molar-refractivity contribution in [1.82, 2.24) is 14.8 Å². The summed E-state index contributed by atoms with van der Waals surface area (Å²) in [7, 11) is 1.86. The van der Waals surface area contributed by atoms with E-state index in [1.54, 1.807) is 12.3 Å². The second-order valence-corrected chi connectivity index (χ2v) is 8.00. The van der Waals surface area contributed by atoms with Gasteiger partial charge in [-0.05, 0) is 35.4 Å². The lowest BCUT2D eigenvalue weighted by atomic mass is 10.0. The van der Waals surface area contributed by atoms with Gasteiger partial charge in [-0.3, -0.25) is 4.79 Å². The fourth-order valence-corrected chi connectivity index (χ4v) is 3.84. The molecule has 4 aromatic rings. The van der Waals surface area contributed by atoms with E-state index >= 15 is 0 Å². The summed E-state index contributed by atoms with van der Waals surface area (Å²) < 4.78 is 8.23. The number of hydrogen-bond acceptors (Lipinski definition) is 5. The van der Waals surface area contributed by atoms with Gasteiger partial charge in [0.1, 0.15) is 0 Å². The summed E-state index contributed by atoms with van der Waals surface area (Å²) in [5.74, 6) is 1.63. The highest BCUT2D eigenvalue weighted by Crippen LogP contribution is 2.25. The maximum atomic E-state index is 12.6. The lowest BCUT2D eigenvalue weighted by Gasteiger charge is -2.05. The Balaban J connectivity index is 1.42. The molecule has 0 radical (unpaired) electrons. The summed E-state index contributed by atoms with van der Waals surface area (Å²) in [6, 6.07) is 19.4. The molecule has 2 heterocycles. The smallest absolute Gasteiger partial charge is 0.200 e. The van der Waals surface area contributed by atoms with Gasteiger partial charge >= 0.3 is 0 Å². The van der Waals surface area contributed by atoms with E-state index in [1.165, 1.54) is 11.8 Å². The zero-order chi connectivity index (χ0) is 19.5. The summed E-state index contributed by atoms with van der Waals surface area (Å²) in [6.07, 6.45) is 1.60. The second-order valence-electron chi connectivity index (χ2n) is 6.14. The Labute approximate surface area is 174 Å². The van der Waals surface area contributed by atoms with Crippen molar-refractivity contribution >= 4 is 33.5 Å². The average Bonchev–Trinajstić information content (AvgIpc) is 3.37. The molecule has 0 atom stereocenters. The molecular weight excluding hydrogens is 438 g/mol. The van der Waals surface area contributed by atoms with Crippen molar-refractivity contribution in [3.05, 3.63) is 77.0 Å². The van der Waals surface area contributed by atoms with Crippen molar-refractivity contribution in [2.24, 2.45) is 7.05 Å². The summed E-state index contributed by atoms with van der Waals surface area (Å²) in [6.45, 7) is 0. The van der Waals surface area contributed by atoms with E-state index in [2.05, 4.69) is 26.1 Å². The van der Waals surface area contributed by atoms with Crippen LogP contribution in [0.1, 0.15) is 10.4 Å². The molecule has 0 unspecified atom stereocenters. The van der Waals surface area contributed by atoms with E-state index in [0.717, 1.165) is 15.6 Å². The maximum absolute atomic E-state index is 12.6. The molecule has 4 rings (SSSR count). The minimum Gasteiger partial charge on any atom is -0.461 e. The number of Topliss-reactive ketones (excluding diaryl/α,β-unsaturated/α-hetero) is 1. The van der Waals surface area contributed by atoms with E-state index < -0.39 is 0 Å². The third kappa shape index (κ3) is 3.95. The lowest BCUT2D eigenvalue weighted by molar-refractivity contribution is 0.102. The molecular formula is C21H16BrN3O2S. The largest absolute Gasteiger partial charge is 0.461 e. The zero-order valence-electron chi connectivity index (χ0n) is 15.0. The topological polar surface area (TPSA) is 60.9 Å². The first-order valence-corrected chi connectivity index (χ1v) is 10.3. The number of aromatic nitrogens is 3. The van der Waals surface area contributed by atoms with Crippen LogP contribution in [0, 0.1) is 0 Å². The van der Waals surface area contributed by atoms with Crippen molar-refractivity contribution in [1.29, 1.82) is 0 Å². The van der Waals surface area contributed by atoms with Gasteiger partial charge in [0, 0.05) is 17.1 Å². The Bertz CT molecular complexity index is 1090. The third-order valence-electron chi connectivity index (χ3n) is 4.29. The summed E-state index contributed by atoms with van der Waals surface area (Å²) in [4.78, 5) is 12.6. The molecule has 0 aliphatic carbocycles. The number of halogens is 1. The fourth-order valence-electron chi connectivity index (χ4n) is 2.77. The van der Waals surface area contributed by atoms with Crippen LogP contribution in [0.5, 0.6) is 0 Å². The number of carbonyl (C=O) groups excluding carboxylic acids is 1. The predicted molar refractivity (Wildman–Crippen MR) is 113 cm³/mol. The molecule has 2 aromatic heterocycles. The van der Waals surface area contributed by atoms with Crippen LogP contribution in [0.2, 0.25) is 0 Å². The average molecular weight is 454 g/mol. The van der Waals surface area contributed by atoms with Crippen molar-refractivity contribution in [3.8, 4) is 22.7 Å². The molecule has 0 saturated heterocycles. The number of carbonyl (C=O) groups is 1. The van der Waals surface area contributed by atoms with E-state index in [1.807, 2.05) is 66.2 Å². The van der Waals surface area contributed by atoms with Gasteiger partial charge in [0.2, 0.25) is 0 Å². The van der Waals surface area contributed by atoms with Crippen LogP contribution >= 0.6 is 27.7 Å². The number of benzene rings is 2. The van der Waals surface area contributed by atoms with Gasteiger partial charge in [-0.15, -0.1) is 10.2 Å². The second kappa shape index (κ2) is 8.16. The molecule has 5 nitrogen and oxygen atoms in total. The van der Waals surface area contributed by atoms with Gasteiger partial charge in [-0.25, -0.2) is 0 Å². The highest BCUT2D eigenvalue weighted by Gasteiger charge is 2.15. The van der Waals surface area contributed by atoms with Gasteiger partial charge in [0.05, 0.1) is 12.0 Å². The maximum Gasteiger partial charge on any atom is 0.200 e. The Hall–Kier alpha value is -2.64. The molecule has 28 heavy (non-hydrogen) atoms. The van der Waals surface area contributed by atoms with Crippen molar-refractivity contribution in [3.63, 3.8) is 0 Å². The Morgan fingerprint density at radius 1 is 1.04 bits per heavy atom. The molecule has 0 fully saturated rings. The van der Waals surface area contributed by atoms with Crippen LogP contribution in [0.3, 0.4) is 0 Å². The van der Waals surface area contributed by atoms with Gasteiger partial charge in [0.15, 0.2) is 22.5 Å². The van der Waals surface area contributed by atoms with Crippen molar-refractivity contribution in [2.45, 2.75) is 5.16 Å². The molecule has 140 valence electrons. The number of nitrogens with zero attached hydrogens (tertiary/aromatic N) is 3. The van der Waals surface area contributed by atoms with Gasteiger partial charge < -0.3 is 8.98 Å². The molecule has 0 N–H and O–H groups in total. The van der Waals surface area contributed by atoms with E-state index in [9.17, 15) is 4.79 Å². The summed E-state index contributed by atoms with van der Waals surface area (Å²) in [5.41, 5.74) is 2.87. The fraction of sp³-hybridized carbons (Fsp3) is 0.0952. The Kier molecular flexibility index (Phi) is 5.45. The molecule has 2 aromatic carbocycles. The van der Waals surface area contributed by atoms with Crippen LogP contribution in [-0.4, -0.2) is 26.3 Å². The van der Waals surface area contributed by atoms with E-state index in [-0.39, 0.29) is 5.78 Å². The summed E-state index contributed by atoms with van der Waals surface area (Å²) in [5, 5.41) is 8.97. The SMILES string of the molecule is Cn1c(SCC(=O)c2ccc(-c3ccc(Br)cc3)cc2)nnc1-c1ccco1. The number of rotatable bonds is 6. The Morgan fingerprint density at radius 3 is 2.36 bits per heavy atom. The van der Waals surface area contributed by atoms with Gasteiger partial charge in [0.25, 0.3) is 0 Å². The monoisotopic (exact) mass is 453 g/mol. The van der Waals surface area contributed by atoms with E-state index in [0.29, 0.717) is 28.1 Å².